The molecule has 26 heavy (non-hydrogen) atoms. The topological polar surface area (TPSA) is 88.1 Å². The fourth-order valence-electron chi connectivity index (χ4n) is 2.79. The van der Waals surface area contributed by atoms with E-state index in [-0.39, 0.29) is 12.6 Å². The van der Waals surface area contributed by atoms with Crippen LogP contribution >= 0.6 is 0 Å². The van der Waals surface area contributed by atoms with Crippen LogP contribution in [0, 0.1) is 5.92 Å². The summed E-state index contributed by atoms with van der Waals surface area (Å²) in [5, 5.41) is 11.8. The maximum Gasteiger partial charge on any atom is 0.321 e. The van der Waals surface area contributed by atoms with Crippen molar-refractivity contribution in [2.24, 2.45) is 5.92 Å². The highest BCUT2D eigenvalue weighted by molar-refractivity contribution is 5.90. The molecule has 7 heteroatoms. The minimum Gasteiger partial charge on any atom is -0.493 e. The first-order valence-corrected chi connectivity index (χ1v) is 8.26. The quantitative estimate of drug-likeness (QED) is 0.857. The summed E-state index contributed by atoms with van der Waals surface area (Å²) >= 11 is 0. The molecule has 1 aliphatic heterocycles. The molecular weight excluding hydrogens is 336 g/mol. The normalized spacial score (nSPS) is 16.2. The van der Waals surface area contributed by atoms with Crippen LogP contribution in [0.2, 0.25) is 0 Å². The Bertz CT molecular complexity index is 791. The smallest absolute Gasteiger partial charge is 0.321 e. The number of benzene rings is 2. The molecule has 1 aliphatic rings. The van der Waals surface area contributed by atoms with Gasteiger partial charge in [-0.05, 0) is 42.8 Å². The molecule has 0 aliphatic carbocycles. The Labute approximate surface area is 151 Å². The summed E-state index contributed by atoms with van der Waals surface area (Å²) in [4.78, 5) is 24.7. The zero-order chi connectivity index (χ0) is 18.5. The van der Waals surface area contributed by atoms with E-state index < -0.39 is 11.9 Å². The second-order valence-corrected chi connectivity index (χ2v) is 5.98. The van der Waals surface area contributed by atoms with E-state index in [0.717, 1.165) is 0 Å². The molecule has 7 nitrogen and oxygen atoms in total. The third kappa shape index (κ3) is 4.05. The van der Waals surface area contributed by atoms with Crippen molar-refractivity contribution in [3.8, 4) is 17.2 Å². The number of hydrogen-bond donors (Lipinski definition) is 2. The van der Waals surface area contributed by atoms with Gasteiger partial charge in [-0.3, -0.25) is 4.79 Å². The van der Waals surface area contributed by atoms with Crippen molar-refractivity contribution in [3.63, 3.8) is 0 Å². The van der Waals surface area contributed by atoms with Crippen LogP contribution < -0.4 is 14.8 Å². The maximum atomic E-state index is 12.2. The number of hydrogen-bond acceptors (Lipinski definition) is 4. The van der Waals surface area contributed by atoms with Crippen molar-refractivity contribution in [1.29, 1.82) is 0 Å². The lowest BCUT2D eigenvalue weighted by Gasteiger charge is -2.17. The fraction of sp³-hybridized carbons (Fsp3) is 0.263. The average molecular weight is 356 g/mol. The molecule has 1 heterocycles. The first-order chi connectivity index (χ1) is 12.6. The Morgan fingerprint density at radius 2 is 1.81 bits per heavy atom. The van der Waals surface area contributed by atoms with Gasteiger partial charge in [0.15, 0.2) is 11.5 Å². The first kappa shape index (κ1) is 17.6. The average Bonchev–Trinajstić information content (AvgIpc) is 3.14. The minimum atomic E-state index is -0.863. The molecule has 2 N–H and O–H groups in total. The van der Waals surface area contributed by atoms with E-state index in [0.29, 0.717) is 35.9 Å². The molecule has 2 aromatic rings. The molecule has 1 fully saturated rings. The van der Waals surface area contributed by atoms with Gasteiger partial charge in [0.1, 0.15) is 5.75 Å². The number of anilines is 1. The molecule has 1 saturated heterocycles. The monoisotopic (exact) mass is 356 g/mol. The molecule has 0 saturated carbocycles. The molecular formula is C19H20N2O5. The highest BCUT2D eigenvalue weighted by Crippen LogP contribution is 2.31. The minimum absolute atomic E-state index is 0.232. The first-order valence-electron chi connectivity index (χ1n) is 8.26. The lowest BCUT2D eigenvalue weighted by Crippen LogP contribution is -2.33. The number of para-hydroxylation sites is 2. The molecule has 0 aromatic heterocycles. The zero-order valence-electron chi connectivity index (χ0n) is 14.3. The van der Waals surface area contributed by atoms with Gasteiger partial charge in [-0.2, -0.15) is 0 Å². The number of likely N-dealkylation sites (tertiary alicyclic amines) is 1. The summed E-state index contributed by atoms with van der Waals surface area (Å²) in [6.45, 7) is 0.675. The number of amides is 2. The fourth-order valence-corrected chi connectivity index (χ4v) is 2.79. The SMILES string of the molecule is COc1ccccc1Oc1ccc(NC(=O)N2CCC(C(=O)O)C2)cc1. The van der Waals surface area contributed by atoms with Crippen molar-refractivity contribution in [2.45, 2.75) is 6.42 Å². The van der Waals surface area contributed by atoms with Crippen LogP contribution in [-0.4, -0.2) is 42.2 Å². The number of nitrogens with one attached hydrogen (secondary N) is 1. The second kappa shape index (κ2) is 7.77. The van der Waals surface area contributed by atoms with Gasteiger partial charge in [0.05, 0.1) is 13.0 Å². The predicted molar refractivity (Wildman–Crippen MR) is 95.8 cm³/mol. The number of nitrogens with zero attached hydrogens (tertiary/aromatic N) is 1. The number of aliphatic carboxylic acids is 1. The summed E-state index contributed by atoms with van der Waals surface area (Å²) in [5.41, 5.74) is 0.612. The number of carboxylic acids is 1. The van der Waals surface area contributed by atoms with Gasteiger partial charge in [0.2, 0.25) is 0 Å². The van der Waals surface area contributed by atoms with Gasteiger partial charge < -0.3 is 24.8 Å². The van der Waals surface area contributed by atoms with E-state index in [4.69, 9.17) is 14.6 Å². The van der Waals surface area contributed by atoms with Crippen molar-refractivity contribution in [2.75, 3.05) is 25.5 Å². The van der Waals surface area contributed by atoms with Gasteiger partial charge in [-0.15, -0.1) is 0 Å². The maximum absolute atomic E-state index is 12.2. The molecule has 136 valence electrons. The van der Waals surface area contributed by atoms with Crippen molar-refractivity contribution >= 4 is 17.7 Å². The predicted octanol–water partition coefficient (Wildman–Crippen LogP) is 3.43. The Morgan fingerprint density at radius 1 is 1.12 bits per heavy atom. The Balaban J connectivity index is 1.59. The van der Waals surface area contributed by atoms with E-state index in [1.54, 1.807) is 37.4 Å². The summed E-state index contributed by atoms with van der Waals surface area (Å²) in [6, 6.07) is 14.0. The number of ether oxygens (including phenoxy) is 2. The van der Waals surface area contributed by atoms with Crippen LogP contribution in [0.1, 0.15) is 6.42 Å². The third-order valence-electron chi connectivity index (χ3n) is 4.23. The van der Waals surface area contributed by atoms with Crippen LogP contribution in [0.4, 0.5) is 10.5 Å². The van der Waals surface area contributed by atoms with E-state index in [9.17, 15) is 9.59 Å². The summed E-state index contributed by atoms with van der Waals surface area (Å²) in [7, 11) is 1.58. The van der Waals surface area contributed by atoms with Gasteiger partial charge in [-0.25, -0.2) is 4.79 Å². The summed E-state index contributed by atoms with van der Waals surface area (Å²) in [6.07, 6.45) is 0.481. The molecule has 0 radical (unpaired) electrons. The van der Waals surface area contributed by atoms with Crippen LogP contribution in [0.5, 0.6) is 17.2 Å². The highest BCUT2D eigenvalue weighted by Gasteiger charge is 2.30. The molecule has 2 amide bonds. The van der Waals surface area contributed by atoms with Gasteiger partial charge in [0, 0.05) is 18.8 Å². The van der Waals surface area contributed by atoms with Crippen LogP contribution in [0.15, 0.2) is 48.5 Å². The van der Waals surface area contributed by atoms with Crippen LogP contribution in [0.25, 0.3) is 0 Å². The van der Waals surface area contributed by atoms with E-state index in [1.807, 2.05) is 18.2 Å². The van der Waals surface area contributed by atoms with Crippen molar-refractivity contribution in [1.82, 2.24) is 4.90 Å². The molecule has 2 aromatic carbocycles. The number of rotatable bonds is 5. The van der Waals surface area contributed by atoms with Crippen LogP contribution in [-0.2, 0) is 4.79 Å². The number of methoxy groups -OCH3 is 1. The van der Waals surface area contributed by atoms with E-state index in [1.165, 1.54) is 4.90 Å². The summed E-state index contributed by atoms with van der Waals surface area (Å²) in [5.74, 6) is 0.491. The Kier molecular flexibility index (Phi) is 5.26. The second-order valence-electron chi connectivity index (χ2n) is 5.98. The number of carboxylic acid groups (broad SMARTS) is 1. The van der Waals surface area contributed by atoms with Crippen molar-refractivity contribution < 1.29 is 24.2 Å². The lowest BCUT2D eigenvalue weighted by atomic mass is 10.1. The van der Waals surface area contributed by atoms with Crippen LogP contribution in [0.3, 0.4) is 0 Å². The Hall–Kier alpha value is -3.22. The molecule has 0 spiro atoms. The lowest BCUT2D eigenvalue weighted by molar-refractivity contribution is -0.141. The van der Waals surface area contributed by atoms with Crippen molar-refractivity contribution in [3.05, 3.63) is 48.5 Å². The van der Waals surface area contributed by atoms with E-state index in [2.05, 4.69) is 5.32 Å². The highest BCUT2D eigenvalue weighted by atomic mass is 16.5. The standard InChI is InChI=1S/C19H20N2O5/c1-25-16-4-2-3-5-17(16)26-15-8-6-14(7-9-15)20-19(24)21-11-10-13(12-21)18(22)23/h2-9,13H,10-12H2,1H3,(H,20,24)(H,22,23). The van der Waals surface area contributed by atoms with E-state index >= 15 is 0 Å². The number of carbonyl (C=O) groups excluding carboxylic acids is 1. The van der Waals surface area contributed by atoms with Gasteiger partial charge in [0.25, 0.3) is 0 Å². The Morgan fingerprint density at radius 3 is 2.42 bits per heavy atom. The van der Waals surface area contributed by atoms with Gasteiger partial charge in [-0.1, -0.05) is 12.1 Å². The largest absolute Gasteiger partial charge is 0.493 e. The third-order valence-corrected chi connectivity index (χ3v) is 4.23. The number of carbonyl (C=O) groups is 2. The summed E-state index contributed by atoms with van der Waals surface area (Å²) < 4.78 is 11.0. The zero-order valence-corrected chi connectivity index (χ0v) is 14.3. The molecule has 3 rings (SSSR count). The van der Waals surface area contributed by atoms with Gasteiger partial charge >= 0.3 is 12.0 Å². The molecule has 1 atom stereocenters. The number of urea groups is 1. The molecule has 0 bridgehead atoms. The molecule has 1 unspecified atom stereocenters.